The quantitative estimate of drug-likeness (QED) is 0.450. The Kier molecular flexibility index (Phi) is 4.71. The normalized spacial score (nSPS) is 12.4. The Balaban J connectivity index is 2.48. The van der Waals surface area contributed by atoms with Gasteiger partial charge >= 0.3 is 5.97 Å². The molecule has 0 bridgehead atoms. The maximum atomic E-state index is 11.2. The molecule has 0 saturated carbocycles. The molecule has 1 atom stereocenters. The van der Waals surface area contributed by atoms with Gasteiger partial charge in [0.15, 0.2) is 0 Å². The molecule has 0 aliphatic carbocycles. The molecule has 0 aliphatic rings. The Hall–Kier alpha value is -1.48. The zero-order chi connectivity index (χ0) is 11.1. The second-order valence-electron chi connectivity index (χ2n) is 2.65. The fourth-order valence-corrected chi connectivity index (χ4v) is 1.01. The van der Waals surface area contributed by atoms with Gasteiger partial charge in [0, 0.05) is 0 Å². The van der Waals surface area contributed by atoms with Crippen LogP contribution in [-0.4, -0.2) is 11.5 Å². The van der Waals surface area contributed by atoms with Crippen LogP contribution >= 0.6 is 11.6 Å². The number of hydrogen-bond acceptors (Lipinski definition) is 3. The van der Waals surface area contributed by atoms with Crippen LogP contribution in [0.15, 0.2) is 42.7 Å². The first-order valence-electron chi connectivity index (χ1n) is 4.41. The monoisotopic (exact) mass is 226 g/mol. The molecule has 0 N–H and O–H groups in total. The molecule has 0 radical (unpaired) electrons. The lowest BCUT2D eigenvalue weighted by Gasteiger charge is -2.09. The summed E-state index contributed by atoms with van der Waals surface area (Å²) < 4.78 is 9.78. The van der Waals surface area contributed by atoms with Crippen molar-refractivity contribution in [3.63, 3.8) is 0 Å². The molecule has 4 heteroatoms. The lowest BCUT2D eigenvalue weighted by molar-refractivity contribution is -0.142. The highest BCUT2D eigenvalue weighted by molar-refractivity contribution is 6.29. The number of carbonyl (C=O) groups excluding carboxylic acids is 1. The summed E-state index contributed by atoms with van der Waals surface area (Å²) in [5, 5.41) is 0. The number of halogens is 1. The van der Waals surface area contributed by atoms with Crippen molar-refractivity contribution in [3.05, 3.63) is 42.7 Å². The minimum Gasteiger partial charge on any atom is -0.463 e. The standard InChI is InChI=1S/C11H11ClO3/c1-2-8-14-11(13)10(12)15-9-6-4-3-5-7-9/h2-8,10H,1H3. The van der Waals surface area contributed by atoms with Crippen LogP contribution in [0, 0.1) is 0 Å². The Morgan fingerprint density at radius 3 is 2.67 bits per heavy atom. The average molecular weight is 227 g/mol. The molecule has 80 valence electrons. The summed E-state index contributed by atoms with van der Waals surface area (Å²) in [6.45, 7) is 1.73. The highest BCUT2D eigenvalue weighted by Gasteiger charge is 2.17. The van der Waals surface area contributed by atoms with E-state index in [1.807, 2.05) is 6.07 Å². The van der Waals surface area contributed by atoms with E-state index in [0.29, 0.717) is 5.75 Å². The molecule has 1 rings (SSSR count). The van der Waals surface area contributed by atoms with Crippen LogP contribution in [0.4, 0.5) is 0 Å². The molecule has 15 heavy (non-hydrogen) atoms. The number of allylic oxidation sites excluding steroid dienone is 1. The van der Waals surface area contributed by atoms with Gasteiger partial charge in [-0.2, -0.15) is 0 Å². The lowest BCUT2D eigenvalue weighted by Crippen LogP contribution is -2.22. The fourth-order valence-electron chi connectivity index (χ4n) is 0.855. The molecule has 0 aliphatic heterocycles. The van der Waals surface area contributed by atoms with Crippen molar-refractivity contribution >= 4 is 17.6 Å². The van der Waals surface area contributed by atoms with E-state index in [4.69, 9.17) is 16.3 Å². The highest BCUT2D eigenvalue weighted by Crippen LogP contribution is 2.13. The number of carbonyl (C=O) groups is 1. The predicted octanol–water partition coefficient (Wildman–Crippen LogP) is 2.71. The van der Waals surface area contributed by atoms with Crippen LogP contribution in [0.3, 0.4) is 0 Å². The van der Waals surface area contributed by atoms with Crippen molar-refractivity contribution in [1.82, 2.24) is 0 Å². The zero-order valence-electron chi connectivity index (χ0n) is 8.22. The van der Waals surface area contributed by atoms with E-state index in [9.17, 15) is 4.79 Å². The molecule has 0 fully saturated rings. The molecule has 1 aromatic carbocycles. The maximum absolute atomic E-state index is 11.2. The van der Waals surface area contributed by atoms with Crippen molar-refractivity contribution in [1.29, 1.82) is 0 Å². The first kappa shape index (κ1) is 11.6. The summed E-state index contributed by atoms with van der Waals surface area (Å²) in [7, 11) is 0. The van der Waals surface area contributed by atoms with Crippen LogP contribution in [0.2, 0.25) is 0 Å². The number of esters is 1. The van der Waals surface area contributed by atoms with Crippen LogP contribution in [-0.2, 0) is 9.53 Å². The minimum atomic E-state index is -1.14. The Labute approximate surface area is 93.3 Å². The predicted molar refractivity (Wildman–Crippen MR) is 57.6 cm³/mol. The number of rotatable bonds is 4. The van der Waals surface area contributed by atoms with Gasteiger partial charge < -0.3 is 9.47 Å². The minimum absolute atomic E-state index is 0.523. The van der Waals surface area contributed by atoms with Crippen molar-refractivity contribution in [3.8, 4) is 5.75 Å². The van der Waals surface area contributed by atoms with Crippen molar-refractivity contribution in [2.75, 3.05) is 0 Å². The first-order valence-corrected chi connectivity index (χ1v) is 4.85. The molecular weight excluding hydrogens is 216 g/mol. The summed E-state index contributed by atoms with van der Waals surface area (Å²) in [6.07, 6.45) is 2.84. The average Bonchev–Trinajstić information content (AvgIpc) is 2.27. The Bertz CT molecular complexity index is 335. The number of para-hydroxylation sites is 1. The zero-order valence-corrected chi connectivity index (χ0v) is 8.98. The molecule has 1 unspecified atom stereocenters. The third-order valence-corrected chi connectivity index (χ3v) is 1.76. The third kappa shape index (κ3) is 4.04. The van der Waals surface area contributed by atoms with E-state index in [0.717, 1.165) is 0 Å². The van der Waals surface area contributed by atoms with Crippen molar-refractivity contribution < 1.29 is 14.3 Å². The van der Waals surface area contributed by atoms with Crippen LogP contribution in [0.5, 0.6) is 5.75 Å². The van der Waals surface area contributed by atoms with E-state index < -0.39 is 11.5 Å². The molecular formula is C11H11ClO3. The van der Waals surface area contributed by atoms with Crippen LogP contribution in [0.25, 0.3) is 0 Å². The summed E-state index contributed by atoms with van der Waals surface area (Å²) in [5.41, 5.74) is -1.14. The topological polar surface area (TPSA) is 35.5 Å². The number of hydrogen-bond donors (Lipinski definition) is 0. The second-order valence-corrected chi connectivity index (χ2v) is 3.05. The van der Waals surface area contributed by atoms with E-state index in [2.05, 4.69) is 4.74 Å². The van der Waals surface area contributed by atoms with Gasteiger partial charge in [-0.25, -0.2) is 4.79 Å². The molecule has 0 heterocycles. The third-order valence-electron chi connectivity index (χ3n) is 1.49. The van der Waals surface area contributed by atoms with Crippen molar-refractivity contribution in [2.45, 2.75) is 12.5 Å². The number of ether oxygens (including phenoxy) is 2. The maximum Gasteiger partial charge on any atom is 0.368 e. The van der Waals surface area contributed by atoms with Gasteiger partial charge in [-0.3, -0.25) is 0 Å². The fraction of sp³-hybridized carbons (Fsp3) is 0.182. The van der Waals surface area contributed by atoms with Crippen LogP contribution < -0.4 is 4.74 Å². The molecule has 0 saturated heterocycles. The number of benzene rings is 1. The molecule has 3 nitrogen and oxygen atoms in total. The van der Waals surface area contributed by atoms with Crippen molar-refractivity contribution in [2.24, 2.45) is 0 Å². The van der Waals surface area contributed by atoms with E-state index >= 15 is 0 Å². The SMILES string of the molecule is CC=COC(=O)C(Cl)Oc1ccccc1. The van der Waals surface area contributed by atoms with E-state index in [1.54, 1.807) is 37.3 Å². The molecule has 0 spiro atoms. The molecule has 0 amide bonds. The van der Waals surface area contributed by atoms with Gasteiger partial charge in [0.25, 0.3) is 5.56 Å². The van der Waals surface area contributed by atoms with Gasteiger partial charge in [-0.1, -0.05) is 35.9 Å². The van der Waals surface area contributed by atoms with Gasteiger partial charge in [0.1, 0.15) is 5.75 Å². The van der Waals surface area contributed by atoms with Gasteiger partial charge in [-0.15, -0.1) is 0 Å². The second kappa shape index (κ2) is 6.09. The Morgan fingerprint density at radius 2 is 2.07 bits per heavy atom. The van der Waals surface area contributed by atoms with Gasteiger partial charge in [-0.05, 0) is 19.1 Å². The van der Waals surface area contributed by atoms with Gasteiger partial charge in [0.2, 0.25) is 0 Å². The Morgan fingerprint density at radius 1 is 1.40 bits per heavy atom. The van der Waals surface area contributed by atoms with E-state index in [-0.39, 0.29) is 0 Å². The highest BCUT2D eigenvalue weighted by atomic mass is 35.5. The smallest absolute Gasteiger partial charge is 0.368 e. The molecule has 0 aromatic heterocycles. The lowest BCUT2D eigenvalue weighted by atomic mass is 10.3. The first-order chi connectivity index (χ1) is 7.24. The number of alkyl halides is 1. The summed E-state index contributed by atoms with van der Waals surface area (Å²) >= 11 is 5.67. The van der Waals surface area contributed by atoms with Gasteiger partial charge in [0.05, 0.1) is 6.26 Å². The van der Waals surface area contributed by atoms with Crippen LogP contribution in [0.1, 0.15) is 6.92 Å². The van der Waals surface area contributed by atoms with E-state index in [1.165, 1.54) is 6.26 Å². The summed E-state index contributed by atoms with van der Waals surface area (Å²) in [6, 6.07) is 8.83. The largest absolute Gasteiger partial charge is 0.463 e. The molecule has 1 aromatic rings. The summed E-state index contributed by atoms with van der Waals surface area (Å²) in [4.78, 5) is 11.2. The summed E-state index contributed by atoms with van der Waals surface area (Å²) in [5.74, 6) is -0.117.